The lowest BCUT2D eigenvalue weighted by atomic mass is 9.95. The second kappa shape index (κ2) is 14.7. The lowest BCUT2D eigenvalue weighted by Gasteiger charge is -2.25. The number of hydrogen-bond acceptors (Lipinski definition) is 9. The van der Waals surface area contributed by atoms with Crippen LogP contribution in [-0.2, 0) is 16.1 Å². The average Bonchev–Trinajstić information content (AvgIpc) is 3.33. The van der Waals surface area contributed by atoms with Crippen LogP contribution in [0.1, 0.15) is 50.4 Å². The van der Waals surface area contributed by atoms with E-state index in [2.05, 4.69) is 4.99 Å². The second-order valence-corrected chi connectivity index (χ2v) is 12.7. The molecule has 1 aliphatic heterocycles. The molecule has 1 aliphatic rings. The number of nitrogens with zero attached hydrogens (tertiary/aromatic N) is 2. The Kier molecular flexibility index (Phi) is 10.6. The molecule has 0 radical (unpaired) electrons. The molecule has 1 aromatic heterocycles. The number of carbonyl (C=O) groups is 1. The summed E-state index contributed by atoms with van der Waals surface area (Å²) in [5.74, 6) is 1.21. The topological polar surface area (TPSA) is 97.6 Å². The van der Waals surface area contributed by atoms with Gasteiger partial charge in [0.2, 0.25) is 0 Å². The summed E-state index contributed by atoms with van der Waals surface area (Å²) in [5, 5.41) is 0.906. The summed E-state index contributed by atoms with van der Waals surface area (Å²) in [7, 11) is 3.05. The Balaban J connectivity index is 1.60. The zero-order chi connectivity index (χ0) is 33.8. The van der Waals surface area contributed by atoms with E-state index in [1.54, 1.807) is 50.3 Å². The number of esters is 1. The van der Waals surface area contributed by atoms with Crippen LogP contribution in [0.3, 0.4) is 0 Å². The van der Waals surface area contributed by atoms with E-state index in [9.17, 15) is 9.59 Å². The number of hydrogen-bond donors (Lipinski definition) is 0. The molecule has 0 saturated carbocycles. The van der Waals surface area contributed by atoms with Crippen molar-refractivity contribution in [3.05, 3.63) is 112 Å². The van der Waals surface area contributed by atoms with Crippen LogP contribution in [0.15, 0.2) is 75.7 Å². The molecule has 5 rings (SSSR count). The van der Waals surface area contributed by atoms with Gasteiger partial charge in [-0.25, -0.2) is 9.79 Å². The van der Waals surface area contributed by atoms with Crippen LogP contribution in [0.5, 0.6) is 23.0 Å². The first-order valence-electron chi connectivity index (χ1n) is 14.8. The Hall–Kier alpha value is -4.25. The van der Waals surface area contributed by atoms with Gasteiger partial charge < -0.3 is 23.7 Å². The van der Waals surface area contributed by atoms with Crippen LogP contribution in [0.4, 0.5) is 0 Å². The van der Waals surface area contributed by atoms with E-state index in [0.29, 0.717) is 59.2 Å². The molecular formula is C35H34Cl2N2O7S. The van der Waals surface area contributed by atoms with Crippen molar-refractivity contribution >= 4 is 46.6 Å². The number of allylic oxidation sites excluding steroid dienone is 1. The average molecular weight is 698 g/mol. The van der Waals surface area contributed by atoms with Crippen LogP contribution < -0.4 is 33.8 Å². The van der Waals surface area contributed by atoms with Crippen LogP contribution in [0.2, 0.25) is 10.0 Å². The molecule has 0 saturated heterocycles. The molecule has 0 unspecified atom stereocenters. The lowest BCUT2D eigenvalue weighted by molar-refractivity contribution is -0.139. The smallest absolute Gasteiger partial charge is 0.338 e. The molecule has 0 bridgehead atoms. The van der Waals surface area contributed by atoms with Crippen LogP contribution in [0, 0.1) is 0 Å². The van der Waals surface area contributed by atoms with E-state index < -0.39 is 12.0 Å². The molecule has 1 atom stereocenters. The number of thiazole rings is 1. The minimum atomic E-state index is -0.824. The van der Waals surface area contributed by atoms with Gasteiger partial charge in [-0.05, 0) is 86.9 Å². The third-order valence-corrected chi connectivity index (χ3v) is 8.70. The highest BCUT2D eigenvalue weighted by atomic mass is 35.5. The first kappa shape index (κ1) is 34.1. The number of methoxy groups -OCH3 is 2. The fraction of sp³-hybridized carbons (Fsp3) is 0.286. The summed E-state index contributed by atoms with van der Waals surface area (Å²) < 4.78 is 30.4. The predicted molar refractivity (Wildman–Crippen MR) is 183 cm³/mol. The van der Waals surface area contributed by atoms with Gasteiger partial charge in [-0.2, -0.15) is 0 Å². The highest BCUT2D eigenvalue weighted by molar-refractivity contribution is 7.07. The zero-order valence-corrected chi connectivity index (χ0v) is 29.1. The van der Waals surface area contributed by atoms with Crippen molar-refractivity contribution in [2.24, 2.45) is 4.99 Å². The van der Waals surface area contributed by atoms with Gasteiger partial charge in [0.15, 0.2) is 27.8 Å². The minimum absolute atomic E-state index is 0.0830. The first-order valence-corrected chi connectivity index (χ1v) is 16.4. The number of carbonyl (C=O) groups excluding carboxylic acids is 1. The molecule has 47 heavy (non-hydrogen) atoms. The lowest BCUT2D eigenvalue weighted by Crippen LogP contribution is -2.40. The third kappa shape index (κ3) is 7.35. The molecule has 0 aliphatic carbocycles. The van der Waals surface area contributed by atoms with E-state index in [1.807, 2.05) is 38.1 Å². The number of aromatic nitrogens is 1. The Morgan fingerprint density at radius 2 is 1.81 bits per heavy atom. The maximum atomic E-state index is 14.1. The fourth-order valence-electron chi connectivity index (χ4n) is 5.21. The van der Waals surface area contributed by atoms with E-state index in [0.717, 1.165) is 5.56 Å². The van der Waals surface area contributed by atoms with E-state index in [1.165, 1.54) is 30.1 Å². The molecule has 2 heterocycles. The van der Waals surface area contributed by atoms with E-state index in [-0.39, 0.29) is 30.5 Å². The molecule has 246 valence electrons. The SMILES string of the molecule is CCOC(=O)C1=C(C)N=c2s/c(=C/c3cc(Cl)c(OCc4cccc(Cl)c4)c(OC)c3)c(=O)n2[C@@H]1c1ccc(OC(C)C)c(OC)c1. The number of halogens is 2. The molecule has 12 heteroatoms. The Bertz CT molecular complexity index is 2030. The standard InChI is InChI=1S/C35H34Cl2N2O7S/c1-7-44-34(41)30-20(4)38-35-39(31(30)23-11-12-26(46-19(2)3)27(17-23)42-5)33(40)29(47-35)16-22-14-25(37)32(28(15-22)43-6)45-18-21-9-8-10-24(36)13-21/h8-17,19,31H,7,18H2,1-6H3/b29-16+/t31-/m1/s1. The molecule has 4 aromatic rings. The molecule has 9 nitrogen and oxygen atoms in total. The summed E-state index contributed by atoms with van der Waals surface area (Å²) in [6, 6.07) is 15.3. The first-order chi connectivity index (χ1) is 22.5. The molecule has 0 N–H and O–H groups in total. The Morgan fingerprint density at radius 3 is 2.49 bits per heavy atom. The van der Waals surface area contributed by atoms with Gasteiger partial charge in [0.05, 0.1) is 53.8 Å². The Labute approximate surface area is 286 Å². The quantitative estimate of drug-likeness (QED) is 0.165. The van der Waals surface area contributed by atoms with Gasteiger partial charge in [-0.3, -0.25) is 9.36 Å². The van der Waals surface area contributed by atoms with E-state index in [4.69, 9.17) is 46.9 Å². The molecule has 0 spiro atoms. The maximum Gasteiger partial charge on any atom is 0.338 e. The molecule has 3 aromatic carbocycles. The highest BCUT2D eigenvalue weighted by Crippen LogP contribution is 2.38. The Morgan fingerprint density at radius 1 is 1.04 bits per heavy atom. The van der Waals surface area contributed by atoms with Gasteiger partial charge in [0.1, 0.15) is 6.61 Å². The number of rotatable bonds is 11. The second-order valence-electron chi connectivity index (χ2n) is 10.8. The van der Waals surface area contributed by atoms with Gasteiger partial charge >= 0.3 is 5.97 Å². The fourth-order valence-corrected chi connectivity index (χ4v) is 6.74. The summed E-state index contributed by atoms with van der Waals surface area (Å²) in [6.07, 6.45) is 1.62. The van der Waals surface area contributed by atoms with Crippen LogP contribution in [0.25, 0.3) is 6.08 Å². The van der Waals surface area contributed by atoms with Crippen molar-refractivity contribution in [3.8, 4) is 23.0 Å². The van der Waals surface area contributed by atoms with Crippen molar-refractivity contribution in [2.45, 2.75) is 46.4 Å². The van der Waals surface area contributed by atoms with Crippen LogP contribution >= 0.6 is 34.5 Å². The van der Waals surface area contributed by atoms with Crippen molar-refractivity contribution < 1.29 is 28.5 Å². The van der Waals surface area contributed by atoms with Crippen LogP contribution in [-0.4, -0.2) is 37.5 Å². The van der Waals surface area contributed by atoms with Crippen molar-refractivity contribution in [2.75, 3.05) is 20.8 Å². The third-order valence-electron chi connectivity index (χ3n) is 7.20. The highest BCUT2D eigenvalue weighted by Gasteiger charge is 2.34. The summed E-state index contributed by atoms with van der Waals surface area (Å²) in [4.78, 5) is 32.5. The summed E-state index contributed by atoms with van der Waals surface area (Å²) in [6.45, 7) is 7.69. The van der Waals surface area contributed by atoms with E-state index >= 15 is 0 Å². The minimum Gasteiger partial charge on any atom is -0.493 e. The van der Waals surface area contributed by atoms with Gasteiger partial charge in [0, 0.05) is 5.02 Å². The normalized spacial score (nSPS) is 14.5. The number of benzene rings is 3. The maximum absolute atomic E-state index is 14.1. The molecule has 0 fully saturated rings. The van der Waals surface area contributed by atoms with Gasteiger partial charge in [0.25, 0.3) is 5.56 Å². The van der Waals surface area contributed by atoms with Crippen molar-refractivity contribution in [3.63, 3.8) is 0 Å². The van der Waals surface area contributed by atoms with Crippen molar-refractivity contribution in [1.29, 1.82) is 0 Å². The monoisotopic (exact) mass is 696 g/mol. The molecular weight excluding hydrogens is 663 g/mol. The van der Waals surface area contributed by atoms with Crippen molar-refractivity contribution in [1.82, 2.24) is 4.57 Å². The largest absolute Gasteiger partial charge is 0.493 e. The summed E-state index contributed by atoms with van der Waals surface area (Å²) >= 11 is 14.0. The van der Waals surface area contributed by atoms with Gasteiger partial charge in [-0.1, -0.05) is 52.7 Å². The predicted octanol–water partition coefficient (Wildman–Crippen LogP) is 6.49. The molecule has 0 amide bonds. The van der Waals surface area contributed by atoms with Gasteiger partial charge in [-0.15, -0.1) is 0 Å². The number of fused-ring (bicyclic) bond motifs is 1. The zero-order valence-electron chi connectivity index (χ0n) is 26.8. The number of ether oxygens (including phenoxy) is 5. The summed E-state index contributed by atoms with van der Waals surface area (Å²) in [5.41, 5.74) is 2.49.